The van der Waals surface area contributed by atoms with Gasteiger partial charge in [-0.3, -0.25) is 19.2 Å². The van der Waals surface area contributed by atoms with Crippen LogP contribution in [0.1, 0.15) is 27.7 Å². The zero-order valence-corrected chi connectivity index (χ0v) is 18.8. The summed E-state index contributed by atoms with van der Waals surface area (Å²) in [4.78, 5) is 46.7. The molecule has 1 aliphatic heterocycles. The quantitative estimate of drug-likeness (QED) is 0.423. The molecule has 33 heavy (non-hydrogen) atoms. The fourth-order valence-corrected chi connectivity index (χ4v) is 3.15. The standard InChI is InChI=1S/C21H26O12/c1-10(22)28-9-17-18(29-11(2)23)19(30-12(3)24)20(31-13(4)25)21(33-17)32-14-6-7-15(26)16(8-14)27-5/h6-8,17-21,26H,9H2,1-5H3/t17-,18-,19+,20-,21-/m0/s1. The van der Waals surface area contributed by atoms with Crippen LogP contribution >= 0.6 is 0 Å². The summed E-state index contributed by atoms with van der Waals surface area (Å²) in [6.45, 7) is 4.16. The van der Waals surface area contributed by atoms with E-state index in [1.807, 2.05) is 0 Å². The van der Waals surface area contributed by atoms with Crippen LogP contribution in [0.25, 0.3) is 0 Å². The van der Waals surface area contributed by atoms with Gasteiger partial charge in [0.2, 0.25) is 12.4 Å². The molecule has 5 atom stereocenters. The topological polar surface area (TPSA) is 153 Å². The highest BCUT2D eigenvalue weighted by Crippen LogP contribution is 2.34. The molecule has 12 nitrogen and oxygen atoms in total. The van der Waals surface area contributed by atoms with Crippen LogP contribution in [0.2, 0.25) is 0 Å². The van der Waals surface area contributed by atoms with Crippen molar-refractivity contribution in [2.24, 2.45) is 0 Å². The van der Waals surface area contributed by atoms with Crippen molar-refractivity contribution >= 4 is 23.9 Å². The predicted octanol–water partition coefficient (Wildman–Crippen LogP) is 0.863. The van der Waals surface area contributed by atoms with E-state index in [1.165, 1.54) is 32.2 Å². The molecule has 182 valence electrons. The third-order valence-corrected chi connectivity index (χ3v) is 4.35. The van der Waals surface area contributed by atoms with Crippen molar-refractivity contribution in [3.8, 4) is 17.2 Å². The maximum atomic E-state index is 11.8. The van der Waals surface area contributed by atoms with E-state index in [-0.39, 0.29) is 23.9 Å². The summed E-state index contributed by atoms with van der Waals surface area (Å²) < 4.78 is 37.6. The molecule has 0 saturated carbocycles. The molecule has 1 heterocycles. The van der Waals surface area contributed by atoms with Gasteiger partial charge >= 0.3 is 23.9 Å². The van der Waals surface area contributed by atoms with E-state index in [0.29, 0.717) is 0 Å². The van der Waals surface area contributed by atoms with Gasteiger partial charge in [0, 0.05) is 33.8 Å². The average molecular weight is 470 g/mol. The lowest BCUT2D eigenvalue weighted by molar-refractivity contribution is -0.288. The third kappa shape index (κ3) is 7.24. The van der Waals surface area contributed by atoms with Gasteiger partial charge in [-0.25, -0.2) is 0 Å². The fourth-order valence-electron chi connectivity index (χ4n) is 3.15. The molecule has 0 radical (unpaired) electrons. The summed E-state index contributed by atoms with van der Waals surface area (Å²) in [7, 11) is 1.34. The van der Waals surface area contributed by atoms with Crippen molar-refractivity contribution < 1.29 is 57.4 Å². The van der Waals surface area contributed by atoms with E-state index in [1.54, 1.807) is 0 Å². The Morgan fingerprint density at radius 3 is 2.00 bits per heavy atom. The van der Waals surface area contributed by atoms with Crippen LogP contribution in [0.3, 0.4) is 0 Å². The molecule has 1 saturated heterocycles. The highest BCUT2D eigenvalue weighted by Gasteiger charge is 2.53. The predicted molar refractivity (Wildman–Crippen MR) is 107 cm³/mol. The minimum atomic E-state index is -1.39. The number of ether oxygens (including phenoxy) is 7. The second-order valence-electron chi connectivity index (χ2n) is 7.02. The molecule has 0 aliphatic carbocycles. The molecule has 0 bridgehead atoms. The van der Waals surface area contributed by atoms with E-state index < -0.39 is 54.6 Å². The summed E-state index contributed by atoms with van der Waals surface area (Å²) in [5, 5.41) is 9.80. The molecule has 1 aromatic carbocycles. The Morgan fingerprint density at radius 1 is 0.879 bits per heavy atom. The van der Waals surface area contributed by atoms with Crippen molar-refractivity contribution in [3.63, 3.8) is 0 Å². The number of aromatic hydroxyl groups is 1. The van der Waals surface area contributed by atoms with Crippen molar-refractivity contribution in [2.45, 2.75) is 58.4 Å². The second kappa shape index (κ2) is 11.4. The number of esters is 4. The number of methoxy groups -OCH3 is 1. The summed E-state index contributed by atoms with van der Waals surface area (Å²) in [5.74, 6) is -2.79. The molecular weight excluding hydrogens is 444 g/mol. The first-order valence-electron chi connectivity index (χ1n) is 9.86. The fraction of sp³-hybridized carbons (Fsp3) is 0.524. The Labute approximate surface area is 189 Å². The minimum Gasteiger partial charge on any atom is -0.504 e. The number of phenols is 1. The highest BCUT2D eigenvalue weighted by atomic mass is 16.7. The van der Waals surface area contributed by atoms with Crippen LogP contribution in [0.5, 0.6) is 17.2 Å². The van der Waals surface area contributed by atoms with Crippen LogP contribution < -0.4 is 9.47 Å². The Bertz CT molecular complexity index is 882. The van der Waals surface area contributed by atoms with Crippen molar-refractivity contribution in [1.29, 1.82) is 0 Å². The number of rotatable bonds is 8. The summed E-state index contributed by atoms with van der Waals surface area (Å²) in [6.07, 6.45) is -6.54. The third-order valence-electron chi connectivity index (χ3n) is 4.35. The number of hydrogen-bond donors (Lipinski definition) is 1. The van der Waals surface area contributed by atoms with Crippen LogP contribution in [0, 0.1) is 0 Å². The van der Waals surface area contributed by atoms with Gasteiger partial charge < -0.3 is 38.3 Å². The van der Waals surface area contributed by atoms with Crippen LogP contribution in [-0.2, 0) is 42.9 Å². The van der Waals surface area contributed by atoms with Gasteiger partial charge in [-0.05, 0) is 12.1 Å². The molecule has 0 spiro atoms. The van der Waals surface area contributed by atoms with Crippen molar-refractivity contribution in [2.75, 3.05) is 13.7 Å². The van der Waals surface area contributed by atoms with E-state index in [2.05, 4.69) is 0 Å². The molecule has 0 amide bonds. The first kappa shape index (κ1) is 25.7. The van der Waals surface area contributed by atoms with Gasteiger partial charge in [-0.1, -0.05) is 0 Å². The largest absolute Gasteiger partial charge is 0.504 e. The first-order valence-corrected chi connectivity index (χ1v) is 9.86. The van der Waals surface area contributed by atoms with Crippen molar-refractivity contribution in [1.82, 2.24) is 0 Å². The van der Waals surface area contributed by atoms with Crippen LogP contribution in [-0.4, -0.2) is 73.4 Å². The lowest BCUT2D eigenvalue weighted by Crippen LogP contribution is -2.63. The second-order valence-corrected chi connectivity index (χ2v) is 7.02. The van der Waals surface area contributed by atoms with Gasteiger partial charge in [-0.2, -0.15) is 0 Å². The first-order chi connectivity index (χ1) is 15.5. The van der Waals surface area contributed by atoms with Crippen LogP contribution in [0.15, 0.2) is 18.2 Å². The van der Waals surface area contributed by atoms with E-state index >= 15 is 0 Å². The maximum absolute atomic E-state index is 11.8. The zero-order valence-electron chi connectivity index (χ0n) is 18.8. The molecule has 1 aliphatic rings. The monoisotopic (exact) mass is 470 g/mol. The lowest BCUT2D eigenvalue weighted by atomic mass is 9.98. The molecule has 1 fully saturated rings. The lowest BCUT2D eigenvalue weighted by Gasteiger charge is -2.43. The molecule has 1 N–H and O–H groups in total. The van der Waals surface area contributed by atoms with Gasteiger partial charge in [-0.15, -0.1) is 0 Å². The number of carbonyl (C=O) groups is 4. The zero-order chi connectivity index (χ0) is 24.7. The Hall–Kier alpha value is -3.54. The van der Waals surface area contributed by atoms with Gasteiger partial charge in [0.1, 0.15) is 18.5 Å². The van der Waals surface area contributed by atoms with Gasteiger partial charge in [0.25, 0.3) is 0 Å². The summed E-state index contributed by atoms with van der Waals surface area (Å²) in [6, 6.07) is 4.05. The molecule has 0 unspecified atom stereocenters. The number of carbonyl (C=O) groups excluding carboxylic acids is 4. The van der Waals surface area contributed by atoms with E-state index in [0.717, 1.165) is 20.8 Å². The molecule has 12 heteroatoms. The molecule has 1 aromatic rings. The summed E-state index contributed by atoms with van der Waals surface area (Å²) >= 11 is 0. The summed E-state index contributed by atoms with van der Waals surface area (Å²) in [5.41, 5.74) is 0. The minimum absolute atomic E-state index is 0.0955. The van der Waals surface area contributed by atoms with Crippen LogP contribution in [0.4, 0.5) is 0 Å². The van der Waals surface area contributed by atoms with Gasteiger partial charge in [0.05, 0.1) is 7.11 Å². The molecule has 0 aromatic heterocycles. The Balaban J connectivity index is 2.47. The highest BCUT2D eigenvalue weighted by molar-refractivity contribution is 5.68. The Kier molecular flexibility index (Phi) is 8.85. The number of benzene rings is 1. The Morgan fingerprint density at radius 2 is 1.45 bits per heavy atom. The smallest absolute Gasteiger partial charge is 0.303 e. The molecular formula is C21H26O12. The number of hydrogen-bond acceptors (Lipinski definition) is 12. The number of phenolic OH excluding ortho intramolecular Hbond substituents is 1. The van der Waals surface area contributed by atoms with E-state index in [9.17, 15) is 24.3 Å². The van der Waals surface area contributed by atoms with Crippen molar-refractivity contribution in [3.05, 3.63) is 18.2 Å². The normalized spacial score (nSPS) is 24.2. The van der Waals surface area contributed by atoms with Gasteiger partial charge in [0.15, 0.2) is 23.7 Å². The molecule has 2 rings (SSSR count). The SMILES string of the molecule is COc1cc(O[C@H]2O[C@@H](COC(C)=O)[C@H](OC(C)=O)[C@@H](OC(C)=O)[C@@H]2OC(C)=O)ccc1O. The van der Waals surface area contributed by atoms with E-state index in [4.69, 9.17) is 33.2 Å². The maximum Gasteiger partial charge on any atom is 0.303 e. The average Bonchev–Trinajstić information content (AvgIpc) is 2.71.